The van der Waals surface area contributed by atoms with Crippen molar-refractivity contribution in [3.63, 3.8) is 0 Å². The molecule has 0 saturated carbocycles. The van der Waals surface area contributed by atoms with E-state index >= 15 is 0 Å². The van der Waals surface area contributed by atoms with Crippen molar-refractivity contribution in [2.45, 2.75) is 18.1 Å². The van der Waals surface area contributed by atoms with Crippen LogP contribution in [0.4, 0.5) is 0 Å². The van der Waals surface area contributed by atoms with Gasteiger partial charge in [-0.3, -0.25) is 4.79 Å². The van der Waals surface area contributed by atoms with Crippen molar-refractivity contribution < 1.29 is 23.1 Å². The molecule has 110 valence electrons. The summed E-state index contributed by atoms with van der Waals surface area (Å²) in [5.74, 6) is -0.0674. The smallest absolute Gasteiger partial charge is 0.255 e. The van der Waals surface area contributed by atoms with Gasteiger partial charge in [-0.2, -0.15) is 0 Å². The highest BCUT2D eigenvalue weighted by Crippen LogP contribution is 2.24. The lowest BCUT2D eigenvalue weighted by Crippen LogP contribution is -2.34. The second-order valence-electron chi connectivity index (χ2n) is 4.72. The van der Waals surface area contributed by atoms with E-state index in [4.69, 9.17) is 4.74 Å². The Morgan fingerprint density at radius 2 is 2.25 bits per heavy atom. The summed E-state index contributed by atoms with van der Waals surface area (Å²) in [4.78, 5) is 11.9. The molecule has 6 nitrogen and oxygen atoms in total. The number of benzene rings is 1. The van der Waals surface area contributed by atoms with Crippen LogP contribution in [-0.4, -0.2) is 44.1 Å². The molecule has 1 fully saturated rings. The average molecular weight is 299 g/mol. The molecule has 2 N–H and O–H groups in total. The van der Waals surface area contributed by atoms with E-state index in [-0.39, 0.29) is 23.6 Å². The Kier molecular flexibility index (Phi) is 4.17. The number of carbonyl (C=O) groups excluding carboxylic acids is 1. The lowest BCUT2D eigenvalue weighted by Gasteiger charge is -2.12. The quantitative estimate of drug-likeness (QED) is 0.854. The molecule has 1 aromatic carbocycles. The van der Waals surface area contributed by atoms with Gasteiger partial charge in [0.15, 0.2) is 9.84 Å². The lowest BCUT2D eigenvalue weighted by atomic mass is 10.1. The molecule has 1 saturated heterocycles. The number of hydrogen-bond donors (Lipinski definition) is 2. The number of rotatable bonds is 4. The first kappa shape index (κ1) is 14.6. The van der Waals surface area contributed by atoms with Gasteiger partial charge < -0.3 is 15.2 Å². The maximum Gasteiger partial charge on any atom is 0.255 e. The number of sulfone groups is 1. The van der Waals surface area contributed by atoms with E-state index in [2.05, 4.69) is 5.32 Å². The van der Waals surface area contributed by atoms with Gasteiger partial charge >= 0.3 is 0 Å². The number of hydrogen-bond acceptors (Lipinski definition) is 5. The zero-order chi connectivity index (χ0) is 14.8. The van der Waals surface area contributed by atoms with Crippen molar-refractivity contribution in [3.05, 3.63) is 23.8 Å². The molecule has 0 aromatic heterocycles. The third kappa shape index (κ3) is 3.04. The number of phenolic OH excluding ortho intramolecular Hbond substituents is 1. The monoisotopic (exact) mass is 299 g/mol. The Hall–Kier alpha value is -1.76. The van der Waals surface area contributed by atoms with E-state index in [9.17, 15) is 18.3 Å². The first-order chi connectivity index (χ1) is 9.44. The summed E-state index contributed by atoms with van der Waals surface area (Å²) >= 11 is 0. The molecule has 1 aliphatic heterocycles. The zero-order valence-corrected chi connectivity index (χ0v) is 11.9. The molecule has 0 spiro atoms. The predicted octanol–water partition coefficient (Wildman–Crippen LogP) is 0.708. The van der Waals surface area contributed by atoms with Crippen LogP contribution in [-0.2, 0) is 9.84 Å². The van der Waals surface area contributed by atoms with Crippen LogP contribution in [0, 0.1) is 0 Å². The van der Waals surface area contributed by atoms with Gasteiger partial charge in [0.1, 0.15) is 11.5 Å². The van der Waals surface area contributed by atoms with Gasteiger partial charge in [-0.25, -0.2) is 8.42 Å². The third-order valence-electron chi connectivity index (χ3n) is 3.40. The summed E-state index contributed by atoms with van der Waals surface area (Å²) in [5.41, 5.74) is 0.0983. The van der Waals surface area contributed by atoms with Crippen LogP contribution in [0.3, 0.4) is 0 Å². The van der Waals surface area contributed by atoms with E-state index in [0.29, 0.717) is 18.6 Å². The molecule has 1 unspecified atom stereocenters. The summed E-state index contributed by atoms with van der Waals surface area (Å²) in [5, 5.41) is 11.8. The molecule has 7 heteroatoms. The summed E-state index contributed by atoms with van der Waals surface area (Å²) < 4.78 is 28.2. The van der Waals surface area contributed by atoms with Crippen LogP contribution in [0.1, 0.15) is 23.2 Å². The van der Waals surface area contributed by atoms with Crippen LogP contribution in [0.25, 0.3) is 0 Å². The fourth-order valence-electron chi connectivity index (χ4n) is 2.22. The normalized spacial score (nSPS) is 20.6. The molecule has 1 aromatic rings. The molecule has 2 rings (SSSR count). The summed E-state index contributed by atoms with van der Waals surface area (Å²) in [7, 11) is -1.63. The molecule has 0 radical (unpaired) electrons. The minimum atomic E-state index is -3.08. The average Bonchev–Trinajstić information content (AvgIpc) is 2.74. The fourth-order valence-corrected chi connectivity index (χ4v) is 3.99. The molecule has 1 atom stereocenters. The fraction of sp³-hybridized carbons (Fsp3) is 0.462. The maximum absolute atomic E-state index is 11.9. The van der Waals surface area contributed by atoms with Crippen LogP contribution in [0.5, 0.6) is 11.5 Å². The second-order valence-corrected chi connectivity index (χ2v) is 7.12. The lowest BCUT2D eigenvalue weighted by molar-refractivity contribution is 0.0951. The van der Waals surface area contributed by atoms with E-state index < -0.39 is 21.0 Å². The van der Waals surface area contributed by atoms with E-state index in [1.807, 2.05) is 0 Å². The largest absolute Gasteiger partial charge is 0.507 e. The highest BCUT2D eigenvalue weighted by molar-refractivity contribution is 7.92. The van der Waals surface area contributed by atoms with Gasteiger partial charge in [-0.05, 0) is 25.0 Å². The van der Waals surface area contributed by atoms with Crippen molar-refractivity contribution in [1.82, 2.24) is 5.32 Å². The predicted molar refractivity (Wildman–Crippen MR) is 73.8 cm³/mol. The van der Waals surface area contributed by atoms with Crippen molar-refractivity contribution >= 4 is 15.7 Å². The molecule has 1 aliphatic rings. The molecular formula is C13H17NO5S. The molecule has 0 bridgehead atoms. The van der Waals surface area contributed by atoms with Gasteiger partial charge in [0, 0.05) is 12.6 Å². The molecule has 1 heterocycles. The summed E-state index contributed by atoms with van der Waals surface area (Å²) in [6.07, 6.45) is 1.20. The summed E-state index contributed by atoms with van der Waals surface area (Å²) in [6.45, 7) is 0.0760. The molecule has 20 heavy (non-hydrogen) atoms. The Morgan fingerprint density at radius 3 is 2.80 bits per heavy atom. The Balaban J connectivity index is 2.02. The zero-order valence-electron chi connectivity index (χ0n) is 11.1. The SMILES string of the molecule is COc1ccc(C(=O)NCC2CCCS2(=O)=O)c(O)c1. The molecular weight excluding hydrogens is 282 g/mol. The Bertz CT molecular complexity index is 611. The Morgan fingerprint density at radius 1 is 1.50 bits per heavy atom. The second kappa shape index (κ2) is 5.70. The Labute approximate surface area is 117 Å². The van der Waals surface area contributed by atoms with Crippen LogP contribution < -0.4 is 10.1 Å². The van der Waals surface area contributed by atoms with Crippen LogP contribution in [0.2, 0.25) is 0 Å². The van der Waals surface area contributed by atoms with Crippen LogP contribution in [0.15, 0.2) is 18.2 Å². The maximum atomic E-state index is 11.9. The topological polar surface area (TPSA) is 92.7 Å². The number of phenols is 1. The highest BCUT2D eigenvalue weighted by atomic mass is 32.2. The molecule has 1 amide bonds. The van der Waals surface area contributed by atoms with Crippen molar-refractivity contribution in [2.24, 2.45) is 0 Å². The van der Waals surface area contributed by atoms with Gasteiger partial charge in [0.25, 0.3) is 5.91 Å². The van der Waals surface area contributed by atoms with E-state index in [0.717, 1.165) is 0 Å². The van der Waals surface area contributed by atoms with Gasteiger partial charge in [0.05, 0.1) is 23.7 Å². The van der Waals surface area contributed by atoms with E-state index in [1.54, 1.807) is 6.07 Å². The first-order valence-electron chi connectivity index (χ1n) is 6.31. The minimum Gasteiger partial charge on any atom is -0.507 e. The molecule has 0 aliphatic carbocycles. The number of methoxy groups -OCH3 is 1. The standard InChI is InChI=1S/C13H17NO5S/c1-19-9-4-5-11(12(15)7-9)13(16)14-8-10-3-2-6-20(10,17)18/h4-5,7,10,15H,2-3,6,8H2,1H3,(H,14,16). The van der Waals surface area contributed by atoms with Crippen molar-refractivity contribution in [2.75, 3.05) is 19.4 Å². The summed E-state index contributed by atoms with van der Waals surface area (Å²) in [6, 6.07) is 4.33. The van der Waals surface area contributed by atoms with Gasteiger partial charge in [-0.1, -0.05) is 0 Å². The van der Waals surface area contributed by atoms with E-state index in [1.165, 1.54) is 19.2 Å². The number of ether oxygens (including phenoxy) is 1. The van der Waals surface area contributed by atoms with Gasteiger partial charge in [-0.15, -0.1) is 0 Å². The highest BCUT2D eigenvalue weighted by Gasteiger charge is 2.31. The first-order valence-corrected chi connectivity index (χ1v) is 8.02. The van der Waals surface area contributed by atoms with Crippen molar-refractivity contribution in [3.8, 4) is 11.5 Å². The minimum absolute atomic E-state index is 0.0760. The number of amides is 1. The van der Waals surface area contributed by atoms with Crippen LogP contribution >= 0.6 is 0 Å². The number of carbonyl (C=O) groups is 1. The number of aromatic hydroxyl groups is 1. The third-order valence-corrected chi connectivity index (χ3v) is 5.68. The van der Waals surface area contributed by atoms with Gasteiger partial charge in [0.2, 0.25) is 0 Å². The van der Waals surface area contributed by atoms with Crippen molar-refractivity contribution in [1.29, 1.82) is 0 Å². The number of nitrogens with one attached hydrogen (secondary N) is 1.